The van der Waals surface area contributed by atoms with E-state index in [9.17, 15) is 19.5 Å². The molecule has 0 spiro atoms. The van der Waals surface area contributed by atoms with Crippen LogP contribution in [0.2, 0.25) is 0 Å². The Morgan fingerprint density at radius 3 is 1.33 bits per heavy atom. The van der Waals surface area contributed by atoms with Gasteiger partial charge in [0.2, 0.25) is 0 Å². The maximum absolute atomic E-state index is 12.7. The molecule has 0 fully saturated rings. The molecule has 0 aromatic rings. The number of carboxylic acid groups (broad SMARTS) is 1. The standard InChI is InChI=1S/C55H87NO7/c1-6-8-10-12-14-16-18-20-22-24-25-26-27-28-30-31-33-35-37-39-41-43-45-53(57)62-50-51(49-61-48-47-52(55(59)60)56(3,4)5)63-54(58)46-44-42-40-38-36-34-32-29-23-21-19-17-15-13-11-9-7-2/h8,10,14-17,20-23,25-26,28,30,32-35,38,40,51-52H,6-7,9,11-13,18-19,24,27,29,31,36-37,39,41-50H2,1-5H3/b10-8+,16-14+,17-15+,22-20+,23-21+,26-25+,30-28+,34-32+,35-33+,40-38+. The largest absolute Gasteiger partial charge is 0.544 e. The van der Waals surface area contributed by atoms with Crippen LogP contribution in [0, 0.1) is 0 Å². The molecule has 0 aromatic carbocycles. The summed E-state index contributed by atoms with van der Waals surface area (Å²) >= 11 is 0. The van der Waals surface area contributed by atoms with Gasteiger partial charge in [-0.2, -0.15) is 0 Å². The molecule has 0 rings (SSSR count). The first-order valence-electron chi connectivity index (χ1n) is 24.1. The summed E-state index contributed by atoms with van der Waals surface area (Å²) in [6.45, 7) is 4.40. The zero-order valence-electron chi connectivity index (χ0n) is 40.2. The first kappa shape index (κ1) is 58.7. The molecule has 0 saturated heterocycles. The lowest BCUT2D eigenvalue weighted by Crippen LogP contribution is -2.55. The summed E-state index contributed by atoms with van der Waals surface area (Å²) in [5, 5.41) is 11.6. The van der Waals surface area contributed by atoms with E-state index in [2.05, 4.69) is 135 Å². The number of likely N-dealkylation sites (N-methyl/N-ethyl adjacent to an activating group) is 1. The van der Waals surface area contributed by atoms with Crippen LogP contribution in [0.4, 0.5) is 0 Å². The van der Waals surface area contributed by atoms with E-state index in [-0.39, 0.29) is 55.5 Å². The highest BCUT2D eigenvalue weighted by Gasteiger charge is 2.25. The van der Waals surface area contributed by atoms with Crippen LogP contribution in [0.1, 0.15) is 155 Å². The molecular formula is C55H87NO7. The summed E-state index contributed by atoms with van der Waals surface area (Å²) in [5.41, 5.74) is 0. The van der Waals surface area contributed by atoms with Gasteiger partial charge in [0, 0.05) is 19.3 Å². The number of carbonyl (C=O) groups is 3. The van der Waals surface area contributed by atoms with Crippen molar-refractivity contribution in [3.63, 3.8) is 0 Å². The number of nitrogens with zero attached hydrogens (tertiary/aromatic N) is 1. The number of carboxylic acids is 1. The molecule has 8 nitrogen and oxygen atoms in total. The summed E-state index contributed by atoms with van der Waals surface area (Å²) in [4.78, 5) is 36.9. The Hall–Kier alpha value is -4.27. The Kier molecular flexibility index (Phi) is 41.3. The minimum atomic E-state index is -1.14. The fourth-order valence-electron chi connectivity index (χ4n) is 6.12. The zero-order chi connectivity index (χ0) is 46.3. The van der Waals surface area contributed by atoms with Crippen LogP contribution in [0.15, 0.2) is 122 Å². The van der Waals surface area contributed by atoms with Crippen molar-refractivity contribution in [2.75, 3.05) is 41.0 Å². The summed E-state index contributed by atoms with van der Waals surface area (Å²) < 4.78 is 17.1. The van der Waals surface area contributed by atoms with E-state index in [4.69, 9.17) is 14.2 Å². The molecule has 0 aliphatic heterocycles. The second-order valence-electron chi connectivity index (χ2n) is 16.6. The maximum atomic E-state index is 12.7. The lowest BCUT2D eigenvalue weighted by Gasteiger charge is -2.34. The number of aliphatic carboxylic acids is 1. The second-order valence-corrected chi connectivity index (χ2v) is 16.6. The molecule has 2 unspecified atom stereocenters. The first-order chi connectivity index (χ1) is 30.6. The van der Waals surface area contributed by atoms with Crippen molar-refractivity contribution in [3.05, 3.63) is 122 Å². The van der Waals surface area contributed by atoms with Gasteiger partial charge < -0.3 is 28.6 Å². The Bertz CT molecular complexity index is 1440. The first-order valence-corrected chi connectivity index (χ1v) is 24.1. The predicted molar refractivity (Wildman–Crippen MR) is 263 cm³/mol. The zero-order valence-corrected chi connectivity index (χ0v) is 40.2. The molecule has 0 heterocycles. The maximum Gasteiger partial charge on any atom is 0.306 e. The second kappa shape index (κ2) is 44.3. The quantitative estimate of drug-likeness (QED) is 0.0261. The van der Waals surface area contributed by atoms with Crippen molar-refractivity contribution in [2.24, 2.45) is 0 Å². The smallest absolute Gasteiger partial charge is 0.306 e. The Morgan fingerprint density at radius 1 is 0.492 bits per heavy atom. The molecule has 0 bridgehead atoms. The monoisotopic (exact) mass is 874 g/mol. The van der Waals surface area contributed by atoms with E-state index in [1.165, 1.54) is 25.7 Å². The van der Waals surface area contributed by atoms with E-state index >= 15 is 0 Å². The van der Waals surface area contributed by atoms with E-state index in [1.807, 2.05) is 0 Å². The van der Waals surface area contributed by atoms with Crippen LogP contribution < -0.4 is 5.11 Å². The average molecular weight is 874 g/mol. The van der Waals surface area contributed by atoms with Crippen LogP contribution in [0.5, 0.6) is 0 Å². The number of unbranched alkanes of at least 4 members (excludes halogenated alkanes) is 7. The van der Waals surface area contributed by atoms with Crippen molar-refractivity contribution in [3.8, 4) is 0 Å². The van der Waals surface area contributed by atoms with Crippen molar-refractivity contribution in [1.29, 1.82) is 0 Å². The molecule has 354 valence electrons. The highest BCUT2D eigenvalue weighted by atomic mass is 16.6. The van der Waals surface area contributed by atoms with E-state index in [0.717, 1.165) is 89.9 Å². The highest BCUT2D eigenvalue weighted by molar-refractivity contribution is 5.70. The third-order valence-electron chi connectivity index (χ3n) is 9.83. The molecular weight excluding hydrogens is 787 g/mol. The minimum Gasteiger partial charge on any atom is -0.544 e. The molecule has 0 aromatic heterocycles. The van der Waals surface area contributed by atoms with E-state index < -0.39 is 18.1 Å². The molecule has 0 saturated carbocycles. The third kappa shape index (κ3) is 42.8. The Balaban J connectivity index is 4.47. The van der Waals surface area contributed by atoms with Gasteiger partial charge in [-0.25, -0.2) is 0 Å². The number of ether oxygens (including phenoxy) is 3. The molecule has 0 aliphatic rings. The number of esters is 2. The highest BCUT2D eigenvalue weighted by Crippen LogP contribution is 2.11. The van der Waals surface area contributed by atoms with Crippen LogP contribution in [-0.2, 0) is 28.6 Å². The lowest BCUT2D eigenvalue weighted by atomic mass is 10.1. The number of quaternary nitrogens is 1. The van der Waals surface area contributed by atoms with Crippen molar-refractivity contribution >= 4 is 17.9 Å². The van der Waals surface area contributed by atoms with Crippen LogP contribution in [0.25, 0.3) is 0 Å². The lowest BCUT2D eigenvalue weighted by molar-refractivity contribution is -0.889. The summed E-state index contributed by atoms with van der Waals surface area (Å²) in [5.74, 6) is -1.87. The fourth-order valence-corrected chi connectivity index (χ4v) is 6.12. The molecule has 0 N–H and O–H groups in total. The van der Waals surface area contributed by atoms with Gasteiger partial charge in [-0.3, -0.25) is 9.59 Å². The number of rotatable bonds is 41. The molecule has 2 atom stereocenters. The summed E-state index contributed by atoms with van der Waals surface area (Å²) in [6.07, 6.45) is 62.3. The Labute approximate surface area is 384 Å². The molecule has 0 aliphatic carbocycles. The number of carbonyl (C=O) groups excluding carboxylic acids is 3. The number of allylic oxidation sites excluding steroid dienone is 20. The van der Waals surface area contributed by atoms with Gasteiger partial charge in [-0.15, -0.1) is 0 Å². The van der Waals surface area contributed by atoms with Gasteiger partial charge in [0.25, 0.3) is 0 Å². The van der Waals surface area contributed by atoms with Gasteiger partial charge in [0.1, 0.15) is 12.6 Å². The molecule has 0 amide bonds. The number of hydrogen-bond acceptors (Lipinski definition) is 7. The van der Waals surface area contributed by atoms with Crippen LogP contribution in [0.3, 0.4) is 0 Å². The fraction of sp³-hybridized carbons (Fsp3) is 0.582. The summed E-state index contributed by atoms with van der Waals surface area (Å²) in [6, 6.07) is -0.749. The Morgan fingerprint density at radius 2 is 0.905 bits per heavy atom. The molecule has 8 heteroatoms. The van der Waals surface area contributed by atoms with Gasteiger partial charge in [0.15, 0.2) is 6.10 Å². The normalized spacial score (nSPS) is 14.0. The van der Waals surface area contributed by atoms with Gasteiger partial charge >= 0.3 is 11.9 Å². The molecule has 63 heavy (non-hydrogen) atoms. The molecule has 0 radical (unpaired) electrons. The van der Waals surface area contributed by atoms with Gasteiger partial charge in [-0.05, 0) is 103 Å². The topological polar surface area (TPSA) is 102 Å². The van der Waals surface area contributed by atoms with Crippen molar-refractivity contribution in [2.45, 2.75) is 167 Å². The van der Waals surface area contributed by atoms with Gasteiger partial charge in [0.05, 0.1) is 40.3 Å². The minimum absolute atomic E-state index is 0.000931. The summed E-state index contributed by atoms with van der Waals surface area (Å²) in [7, 11) is 5.37. The van der Waals surface area contributed by atoms with Crippen molar-refractivity contribution in [1.82, 2.24) is 0 Å². The average Bonchev–Trinajstić information content (AvgIpc) is 3.24. The van der Waals surface area contributed by atoms with E-state index in [1.54, 1.807) is 21.1 Å². The number of hydrogen-bond donors (Lipinski definition) is 0. The third-order valence-corrected chi connectivity index (χ3v) is 9.83. The van der Waals surface area contributed by atoms with E-state index in [0.29, 0.717) is 6.42 Å². The van der Waals surface area contributed by atoms with Crippen LogP contribution >= 0.6 is 0 Å². The van der Waals surface area contributed by atoms with Gasteiger partial charge in [-0.1, -0.05) is 155 Å². The van der Waals surface area contributed by atoms with Crippen molar-refractivity contribution < 1.29 is 38.2 Å². The van der Waals surface area contributed by atoms with Crippen LogP contribution in [-0.4, -0.2) is 75.5 Å². The SMILES string of the molecule is CC/C=C/C/C=C/C/C=C/C/C=C/C/C=C/C/C=C/CCCCCC(=O)OCC(COCCC(C(=O)[O-])[N+](C)(C)C)OC(=O)CCC/C=C/C/C=C/C/C=C/C/C=C/CCCCC. The predicted octanol–water partition coefficient (Wildman–Crippen LogP) is 12.5.